The van der Waals surface area contributed by atoms with Crippen LogP contribution in [0.5, 0.6) is 11.5 Å². The van der Waals surface area contributed by atoms with E-state index in [0.717, 1.165) is 12.1 Å². The molecule has 0 aliphatic heterocycles. The Morgan fingerprint density at radius 1 is 1.31 bits per heavy atom. The fourth-order valence-electron chi connectivity index (χ4n) is 2.71. The number of aromatic amines is 1. The molecule has 0 aliphatic rings. The second-order valence-electron chi connectivity index (χ2n) is 5.86. The van der Waals surface area contributed by atoms with Gasteiger partial charge in [-0.3, -0.25) is 9.89 Å². The third-order valence-electron chi connectivity index (χ3n) is 4.19. The van der Waals surface area contributed by atoms with Crippen molar-refractivity contribution in [1.82, 2.24) is 9.78 Å². The van der Waals surface area contributed by atoms with Crippen molar-refractivity contribution in [1.29, 1.82) is 0 Å². The van der Waals surface area contributed by atoms with E-state index in [9.17, 15) is 9.90 Å². The van der Waals surface area contributed by atoms with Gasteiger partial charge in [0.05, 0.1) is 27.8 Å². The van der Waals surface area contributed by atoms with Crippen molar-refractivity contribution in [3.05, 3.63) is 72.9 Å². The maximum atomic E-state index is 12.8. The molecule has 0 atom stereocenters. The first-order valence-electron chi connectivity index (χ1n) is 8.12. The van der Waals surface area contributed by atoms with Crippen molar-refractivity contribution >= 4 is 28.6 Å². The molecule has 134 valence electrons. The van der Waals surface area contributed by atoms with Crippen molar-refractivity contribution in [2.75, 3.05) is 7.11 Å². The van der Waals surface area contributed by atoms with E-state index in [2.05, 4.69) is 34.5 Å². The quantitative estimate of drug-likeness (QED) is 0.688. The number of nitrogens with zero attached hydrogens (tertiary/aromatic N) is 1. The fraction of sp³-hybridized carbons (Fsp3) is 0.150. The highest BCUT2D eigenvalue weighted by Gasteiger charge is 2.09. The third-order valence-corrected chi connectivity index (χ3v) is 4.79. The van der Waals surface area contributed by atoms with E-state index < -0.39 is 0 Å². The molecule has 6 heteroatoms. The number of H-pyrrole nitrogens is 1. The zero-order valence-corrected chi connectivity index (χ0v) is 16.1. The highest BCUT2D eigenvalue weighted by atomic mass is 79.9. The Morgan fingerprint density at radius 2 is 2.00 bits per heavy atom. The zero-order chi connectivity index (χ0) is 18.8. The van der Waals surface area contributed by atoms with Crippen molar-refractivity contribution < 1.29 is 9.84 Å². The van der Waals surface area contributed by atoms with Crippen LogP contribution >= 0.6 is 15.9 Å². The summed E-state index contributed by atoms with van der Waals surface area (Å²) < 4.78 is 7.11. The Hall–Kier alpha value is -2.73. The normalized spacial score (nSPS) is 11.7. The number of nitrogens with one attached hydrogen (secondary N) is 1. The Labute approximate surface area is 159 Å². The van der Waals surface area contributed by atoms with Gasteiger partial charge in [-0.15, -0.1) is 0 Å². The summed E-state index contributed by atoms with van der Waals surface area (Å²) in [4.78, 5) is 12.8. The monoisotopic (exact) mass is 414 g/mol. The summed E-state index contributed by atoms with van der Waals surface area (Å²) >= 11 is 3.29. The van der Waals surface area contributed by atoms with Gasteiger partial charge < -0.3 is 9.84 Å². The van der Waals surface area contributed by atoms with Crippen LogP contribution < -0.4 is 20.9 Å². The number of rotatable bonds is 4. The van der Waals surface area contributed by atoms with E-state index in [1.807, 2.05) is 24.3 Å². The highest BCUT2D eigenvalue weighted by molar-refractivity contribution is 9.10. The molecule has 3 aromatic rings. The van der Waals surface area contributed by atoms with Crippen LogP contribution in [0.25, 0.3) is 18.3 Å². The van der Waals surface area contributed by atoms with Gasteiger partial charge in [0.2, 0.25) is 0 Å². The largest absolute Gasteiger partial charge is 0.503 e. The third kappa shape index (κ3) is 3.32. The van der Waals surface area contributed by atoms with Gasteiger partial charge in [-0.25, -0.2) is 4.68 Å². The van der Waals surface area contributed by atoms with Crippen molar-refractivity contribution in [3.63, 3.8) is 0 Å². The molecule has 0 aliphatic carbocycles. The molecule has 0 radical (unpaired) electrons. The molecule has 0 unspecified atom stereocenters. The SMILES string of the molecule is C=c1[nH]n(-c2ccc(CC)cc2)c(=O)/c1=C/c1cc(Br)c(O)c(OC)c1. The number of aryl methyl sites for hydroxylation is 1. The molecule has 2 N–H and O–H groups in total. The molecule has 1 heterocycles. The van der Waals surface area contributed by atoms with Crippen LogP contribution in [0.3, 0.4) is 0 Å². The predicted molar refractivity (Wildman–Crippen MR) is 106 cm³/mol. The molecule has 2 aromatic carbocycles. The maximum absolute atomic E-state index is 12.8. The molecule has 5 nitrogen and oxygen atoms in total. The van der Waals surface area contributed by atoms with Crippen LogP contribution in [-0.4, -0.2) is 22.0 Å². The number of hydrogen-bond donors (Lipinski definition) is 2. The first-order valence-corrected chi connectivity index (χ1v) is 8.91. The molecule has 0 saturated heterocycles. The van der Waals surface area contributed by atoms with Crippen molar-refractivity contribution in [2.24, 2.45) is 0 Å². The molecule has 0 fully saturated rings. The minimum absolute atomic E-state index is 0.0157. The number of aromatic nitrogens is 2. The number of methoxy groups -OCH3 is 1. The number of aromatic hydroxyl groups is 1. The second-order valence-corrected chi connectivity index (χ2v) is 6.72. The lowest BCUT2D eigenvalue weighted by Gasteiger charge is -2.06. The number of halogens is 1. The van der Waals surface area contributed by atoms with E-state index in [4.69, 9.17) is 4.74 Å². The summed E-state index contributed by atoms with van der Waals surface area (Å²) in [6.45, 7) is 6.02. The lowest BCUT2D eigenvalue weighted by molar-refractivity contribution is 0.372. The van der Waals surface area contributed by atoms with Crippen LogP contribution in [0.1, 0.15) is 18.1 Å². The average Bonchev–Trinajstić information content (AvgIpc) is 2.92. The average molecular weight is 415 g/mol. The van der Waals surface area contributed by atoms with Gasteiger partial charge >= 0.3 is 0 Å². The first-order chi connectivity index (χ1) is 12.4. The van der Waals surface area contributed by atoms with Crippen LogP contribution in [0, 0.1) is 0 Å². The lowest BCUT2D eigenvalue weighted by atomic mass is 10.1. The van der Waals surface area contributed by atoms with Crippen molar-refractivity contribution in [2.45, 2.75) is 13.3 Å². The van der Waals surface area contributed by atoms with Gasteiger partial charge in [0.25, 0.3) is 5.56 Å². The summed E-state index contributed by atoms with van der Waals surface area (Å²) in [5, 5.41) is 13.9. The summed E-state index contributed by atoms with van der Waals surface area (Å²) in [5.41, 5.74) is 2.47. The van der Waals surface area contributed by atoms with Gasteiger partial charge in [-0.05, 0) is 63.8 Å². The number of phenolic OH excluding ortho intramolecular Hbond substituents is 1. The Bertz CT molecular complexity index is 1110. The first kappa shape index (κ1) is 18.1. The smallest absolute Gasteiger partial charge is 0.279 e. The molecule has 0 bridgehead atoms. The van der Waals surface area contributed by atoms with Gasteiger partial charge in [-0.2, -0.15) is 0 Å². The van der Waals surface area contributed by atoms with E-state index in [1.54, 1.807) is 18.2 Å². The minimum atomic E-state index is -0.192. The van der Waals surface area contributed by atoms with Crippen LogP contribution in [-0.2, 0) is 6.42 Å². The lowest BCUT2D eigenvalue weighted by Crippen LogP contribution is -2.33. The Morgan fingerprint density at radius 3 is 2.62 bits per heavy atom. The number of hydrogen-bond acceptors (Lipinski definition) is 3. The maximum Gasteiger partial charge on any atom is 0.279 e. The zero-order valence-electron chi connectivity index (χ0n) is 14.5. The fourth-order valence-corrected chi connectivity index (χ4v) is 3.17. The molecule has 26 heavy (non-hydrogen) atoms. The van der Waals surface area contributed by atoms with Gasteiger partial charge in [0.15, 0.2) is 11.5 Å². The second kappa shape index (κ2) is 7.25. The molecular weight excluding hydrogens is 396 g/mol. The molecule has 0 spiro atoms. The van der Waals surface area contributed by atoms with Crippen LogP contribution in [0.2, 0.25) is 0 Å². The van der Waals surface area contributed by atoms with Crippen LogP contribution in [0.15, 0.2) is 45.7 Å². The molecule has 0 saturated carbocycles. The number of benzene rings is 2. The molecular formula is C20H19BrN2O3. The summed E-state index contributed by atoms with van der Waals surface area (Å²) in [6.07, 6.45) is 2.65. The van der Waals surface area contributed by atoms with Gasteiger partial charge in [-0.1, -0.05) is 25.6 Å². The van der Waals surface area contributed by atoms with Gasteiger partial charge in [0, 0.05) is 0 Å². The summed E-state index contributed by atoms with van der Waals surface area (Å²) in [7, 11) is 1.47. The van der Waals surface area contributed by atoms with E-state index >= 15 is 0 Å². The summed E-state index contributed by atoms with van der Waals surface area (Å²) in [5.74, 6) is 0.337. The Kier molecular flexibility index (Phi) is 5.04. The minimum Gasteiger partial charge on any atom is -0.503 e. The van der Waals surface area contributed by atoms with E-state index in [1.165, 1.54) is 17.4 Å². The standard InChI is InChI=1S/C20H19BrN2O3/c1-4-13-5-7-15(8-6-13)23-20(25)16(12(2)22-23)9-14-10-17(21)19(24)18(11-14)26-3/h5-11,22,24H,2,4H2,1,3H3/b16-9+. The van der Waals surface area contributed by atoms with E-state index in [-0.39, 0.29) is 11.3 Å². The molecule has 0 amide bonds. The van der Waals surface area contributed by atoms with Crippen LogP contribution in [0.4, 0.5) is 0 Å². The molecule has 1 aromatic heterocycles. The summed E-state index contributed by atoms with van der Waals surface area (Å²) in [6, 6.07) is 11.2. The predicted octanol–water partition coefficient (Wildman–Crippen LogP) is 2.44. The van der Waals surface area contributed by atoms with Crippen molar-refractivity contribution in [3.8, 4) is 17.2 Å². The topological polar surface area (TPSA) is 67.2 Å². The van der Waals surface area contributed by atoms with Gasteiger partial charge in [0.1, 0.15) is 0 Å². The van der Waals surface area contributed by atoms with E-state index in [0.29, 0.717) is 26.4 Å². The number of phenols is 1. The Balaban J connectivity index is 2.14. The number of ether oxygens (including phenoxy) is 1. The molecule has 3 rings (SSSR count). The highest BCUT2D eigenvalue weighted by Crippen LogP contribution is 2.35.